The third-order valence-electron chi connectivity index (χ3n) is 3.36. The minimum atomic E-state index is -0.725. The molecule has 10 heteroatoms. The number of halogens is 1. The first kappa shape index (κ1) is 19.4. The summed E-state index contributed by atoms with van der Waals surface area (Å²) in [6.45, 7) is 0. The molecular weight excluding hydrogens is 404 g/mol. The van der Waals surface area contributed by atoms with Gasteiger partial charge in [-0.25, -0.2) is 4.98 Å². The fraction of sp³-hybridized carbons (Fsp3) is 0.0556. The van der Waals surface area contributed by atoms with Crippen molar-refractivity contribution in [1.82, 2.24) is 9.97 Å². The molecule has 3 rings (SSSR count). The summed E-state index contributed by atoms with van der Waals surface area (Å²) in [5, 5.41) is 20.5. The van der Waals surface area contributed by atoms with Gasteiger partial charge in [0.1, 0.15) is 17.2 Å². The number of rotatable bonds is 6. The summed E-state index contributed by atoms with van der Waals surface area (Å²) < 4.78 is 11.3. The number of ether oxygens (including phenoxy) is 2. The predicted molar refractivity (Wildman–Crippen MR) is 103 cm³/mol. The molecule has 28 heavy (non-hydrogen) atoms. The van der Waals surface area contributed by atoms with Crippen LogP contribution in [-0.4, -0.2) is 21.1 Å². The molecule has 0 aliphatic rings. The Morgan fingerprint density at radius 1 is 1.11 bits per heavy atom. The van der Waals surface area contributed by atoms with Crippen LogP contribution in [0.5, 0.6) is 23.1 Å². The van der Waals surface area contributed by atoms with Crippen molar-refractivity contribution in [3.63, 3.8) is 0 Å². The predicted octanol–water partition coefficient (Wildman–Crippen LogP) is 5.22. The highest BCUT2D eigenvalue weighted by Gasteiger charge is 2.26. The molecule has 8 nitrogen and oxygen atoms in total. The quantitative estimate of drug-likeness (QED) is 0.177. The van der Waals surface area contributed by atoms with Crippen LogP contribution in [0.25, 0.3) is 0 Å². The van der Waals surface area contributed by atoms with Crippen LogP contribution in [0.15, 0.2) is 53.7 Å². The van der Waals surface area contributed by atoms with Crippen LogP contribution in [0, 0.1) is 21.4 Å². The van der Waals surface area contributed by atoms with Crippen LogP contribution in [0.2, 0.25) is 5.15 Å². The van der Waals surface area contributed by atoms with Gasteiger partial charge in [-0.1, -0.05) is 41.6 Å². The number of benzene rings is 2. The molecule has 140 valence electrons. The molecular formula is C18H11ClN4O4S. The molecule has 1 heterocycles. The summed E-state index contributed by atoms with van der Waals surface area (Å²) >= 11 is 7.06. The molecule has 0 radical (unpaired) electrons. The Hall–Kier alpha value is -3.35. The fourth-order valence-electron chi connectivity index (χ4n) is 2.20. The van der Waals surface area contributed by atoms with Crippen molar-refractivity contribution >= 4 is 29.1 Å². The second kappa shape index (κ2) is 8.56. The van der Waals surface area contributed by atoms with Gasteiger partial charge in [-0.05, 0) is 30.5 Å². The van der Waals surface area contributed by atoms with Gasteiger partial charge in [0.25, 0.3) is 0 Å². The molecule has 0 saturated carbocycles. The van der Waals surface area contributed by atoms with E-state index < -0.39 is 10.6 Å². The molecule has 0 unspecified atom stereocenters. The van der Waals surface area contributed by atoms with Crippen LogP contribution >= 0.6 is 23.4 Å². The lowest BCUT2D eigenvalue weighted by atomic mass is 10.2. The van der Waals surface area contributed by atoms with Gasteiger partial charge in [0.2, 0.25) is 5.15 Å². The Morgan fingerprint density at radius 2 is 1.79 bits per heavy atom. The first-order valence-electron chi connectivity index (χ1n) is 7.72. The van der Waals surface area contributed by atoms with E-state index in [1.54, 1.807) is 30.5 Å². The maximum Gasteiger partial charge on any atom is 0.368 e. The molecule has 0 bridgehead atoms. The lowest BCUT2D eigenvalue weighted by Crippen LogP contribution is -2.01. The number of para-hydroxylation sites is 1. The molecule has 0 atom stereocenters. The van der Waals surface area contributed by atoms with E-state index in [0.717, 1.165) is 11.8 Å². The first-order chi connectivity index (χ1) is 13.5. The van der Waals surface area contributed by atoms with Crippen LogP contribution < -0.4 is 9.47 Å². The van der Waals surface area contributed by atoms with Gasteiger partial charge < -0.3 is 9.47 Å². The molecule has 0 saturated heterocycles. The highest BCUT2D eigenvalue weighted by atomic mass is 35.5. The van der Waals surface area contributed by atoms with E-state index in [-0.39, 0.29) is 27.5 Å². The second-order valence-electron chi connectivity index (χ2n) is 5.23. The molecule has 0 fully saturated rings. The molecule has 0 N–H and O–H groups in total. The zero-order valence-electron chi connectivity index (χ0n) is 14.3. The van der Waals surface area contributed by atoms with E-state index in [0.29, 0.717) is 11.5 Å². The molecule has 2 aromatic carbocycles. The van der Waals surface area contributed by atoms with Gasteiger partial charge >= 0.3 is 11.6 Å². The van der Waals surface area contributed by atoms with E-state index in [1.807, 2.05) is 12.1 Å². The van der Waals surface area contributed by atoms with Crippen LogP contribution in [0.1, 0.15) is 5.56 Å². The van der Waals surface area contributed by atoms with Gasteiger partial charge in [-0.2, -0.15) is 10.2 Å². The third kappa shape index (κ3) is 4.49. The molecule has 0 aliphatic heterocycles. The van der Waals surface area contributed by atoms with Crippen molar-refractivity contribution < 1.29 is 14.4 Å². The monoisotopic (exact) mass is 414 g/mol. The van der Waals surface area contributed by atoms with E-state index in [2.05, 4.69) is 9.97 Å². The molecule has 0 amide bonds. The topological polar surface area (TPSA) is 111 Å². The summed E-state index contributed by atoms with van der Waals surface area (Å²) in [5.74, 6) is 0.697. The Bertz CT molecular complexity index is 1070. The van der Waals surface area contributed by atoms with E-state index in [4.69, 9.17) is 21.1 Å². The number of nitro groups is 1. The van der Waals surface area contributed by atoms with Crippen molar-refractivity contribution in [3.05, 3.63) is 69.4 Å². The summed E-state index contributed by atoms with van der Waals surface area (Å²) in [4.78, 5) is 18.5. The van der Waals surface area contributed by atoms with Gasteiger partial charge in [0, 0.05) is 6.07 Å². The average Bonchev–Trinajstić information content (AvgIpc) is 2.67. The van der Waals surface area contributed by atoms with Crippen molar-refractivity contribution in [2.24, 2.45) is 0 Å². The van der Waals surface area contributed by atoms with Crippen LogP contribution in [-0.2, 0) is 0 Å². The zero-order valence-corrected chi connectivity index (χ0v) is 15.9. The summed E-state index contributed by atoms with van der Waals surface area (Å²) in [6.07, 6.45) is 1.70. The molecule has 1 aromatic heterocycles. The number of aromatic nitrogens is 2. The summed E-state index contributed by atoms with van der Waals surface area (Å²) in [6, 6.07) is 15.4. The van der Waals surface area contributed by atoms with Gasteiger partial charge in [0.15, 0.2) is 5.16 Å². The van der Waals surface area contributed by atoms with Gasteiger partial charge in [-0.3, -0.25) is 10.1 Å². The van der Waals surface area contributed by atoms with E-state index in [9.17, 15) is 15.4 Å². The van der Waals surface area contributed by atoms with Crippen molar-refractivity contribution in [1.29, 1.82) is 5.26 Å². The second-order valence-corrected chi connectivity index (χ2v) is 6.37. The molecule has 0 aliphatic carbocycles. The lowest BCUT2D eigenvalue weighted by Gasteiger charge is -2.10. The zero-order chi connectivity index (χ0) is 20.1. The molecule has 3 aromatic rings. The normalized spacial score (nSPS) is 10.2. The number of nitrogens with zero attached hydrogens (tertiary/aromatic N) is 4. The number of nitriles is 1. The van der Waals surface area contributed by atoms with Crippen molar-refractivity contribution in [2.75, 3.05) is 6.26 Å². The largest absolute Gasteiger partial charge is 0.457 e. The Kier molecular flexibility index (Phi) is 5.93. The Morgan fingerprint density at radius 3 is 2.39 bits per heavy atom. The molecule has 0 spiro atoms. The summed E-state index contributed by atoms with van der Waals surface area (Å²) in [7, 11) is 0. The number of thioether (sulfide) groups is 1. The van der Waals surface area contributed by atoms with Crippen LogP contribution in [0.3, 0.4) is 0 Å². The van der Waals surface area contributed by atoms with Gasteiger partial charge in [0.05, 0.1) is 16.6 Å². The van der Waals surface area contributed by atoms with Gasteiger partial charge in [-0.15, -0.1) is 0 Å². The van der Waals surface area contributed by atoms with Crippen molar-refractivity contribution in [2.45, 2.75) is 5.16 Å². The average molecular weight is 415 g/mol. The maximum absolute atomic E-state index is 11.3. The lowest BCUT2D eigenvalue weighted by molar-refractivity contribution is -0.386. The highest BCUT2D eigenvalue weighted by molar-refractivity contribution is 7.98. The van der Waals surface area contributed by atoms with E-state index in [1.165, 1.54) is 18.2 Å². The first-order valence-corrected chi connectivity index (χ1v) is 9.32. The fourth-order valence-corrected chi connectivity index (χ4v) is 2.83. The number of hydrogen-bond acceptors (Lipinski definition) is 8. The Labute approximate surface area is 168 Å². The standard InChI is InChI=1S/C18H11ClN4O4S/c1-28-18-21-16(19)15(23(24)25)17(22-18)27-14-8-11(10-20)7-13(9-14)26-12-5-3-2-4-6-12/h2-9H,1H3. The van der Waals surface area contributed by atoms with E-state index >= 15 is 0 Å². The highest BCUT2D eigenvalue weighted by Crippen LogP contribution is 2.37. The smallest absolute Gasteiger partial charge is 0.368 e. The maximum atomic E-state index is 11.3. The minimum absolute atomic E-state index is 0.134. The third-order valence-corrected chi connectivity index (χ3v) is 4.17. The SMILES string of the molecule is CSc1nc(Cl)c([N+](=O)[O-])c(Oc2cc(C#N)cc(Oc3ccccc3)c2)n1. The number of hydrogen-bond donors (Lipinski definition) is 0. The minimum Gasteiger partial charge on any atom is -0.457 e. The van der Waals surface area contributed by atoms with Crippen molar-refractivity contribution in [3.8, 4) is 29.2 Å². The summed E-state index contributed by atoms with van der Waals surface area (Å²) in [5.41, 5.74) is -0.316. The van der Waals surface area contributed by atoms with Crippen LogP contribution in [0.4, 0.5) is 5.69 Å². The Balaban J connectivity index is 2.01.